The Morgan fingerprint density at radius 3 is 1.37 bits per heavy atom. The number of aliphatic hydroxyl groups excluding tert-OH is 1. The van der Waals surface area contributed by atoms with Gasteiger partial charge in [-0.25, -0.2) is 0 Å². The highest BCUT2D eigenvalue weighted by molar-refractivity contribution is 7.45. The van der Waals surface area contributed by atoms with Crippen LogP contribution < -0.4 is 10.2 Å². The fraction of sp³-hybridized carbons (Fsp3) is 0.860. The zero-order valence-electron chi connectivity index (χ0n) is 39.5. The Hall–Kier alpha value is -1.28. The lowest BCUT2D eigenvalue weighted by Gasteiger charge is -2.29. The Morgan fingerprint density at radius 1 is 0.576 bits per heavy atom. The molecule has 0 aromatic rings. The highest BCUT2D eigenvalue weighted by atomic mass is 31.2. The van der Waals surface area contributed by atoms with Gasteiger partial charge in [0.25, 0.3) is 7.82 Å². The summed E-state index contributed by atoms with van der Waals surface area (Å²) in [6, 6.07) is -0.906. The van der Waals surface area contributed by atoms with Crippen molar-refractivity contribution in [2.75, 3.05) is 40.9 Å². The van der Waals surface area contributed by atoms with Gasteiger partial charge in [-0.2, -0.15) is 0 Å². The molecule has 0 fully saturated rings. The highest BCUT2D eigenvalue weighted by Gasteiger charge is 2.23. The molecule has 0 aliphatic carbocycles. The molecule has 0 spiro atoms. The smallest absolute Gasteiger partial charge is 0.268 e. The van der Waals surface area contributed by atoms with Crippen molar-refractivity contribution in [3.8, 4) is 0 Å². The number of hydrogen-bond acceptors (Lipinski definition) is 6. The molecule has 0 heterocycles. The van der Waals surface area contributed by atoms with E-state index in [1.54, 1.807) is 6.08 Å². The minimum Gasteiger partial charge on any atom is -0.756 e. The Kier molecular flexibility index (Phi) is 41.1. The summed E-state index contributed by atoms with van der Waals surface area (Å²) in [5.74, 6) is -0.209. The van der Waals surface area contributed by atoms with E-state index < -0.39 is 26.6 Å². The van der Waals surface area contributed by atoms with Crippen LogP contribution in [-0.4, -0.2) is 68.5 Å². The van der Waals surface area contributed by atoms with Gasteiger partial charge in [-0.15, -0.1) is 0 Å². The number of nitrogens with one attached hydrogen (secondary N) is 1. The standard InChI is InChI=1S/C50H97N2O6P/c1-6-8-10-12-14-16-18-20-22-24-25-26-27-28-30-32-34-36-38-40-42-44-50(54)51-48(47-58-59(55,56)57-46-45-52(3,4)5)49(53)43-41-39-37-35-33-31-29-23-21-19-17-15-13-11-9-7-2/h21,23,33,35,41,43,48-49,53H,6-20,22,24-32,34,36-40,42,44-47H2,1-5H3,(H-,51,54,55,56)/b23-21+,35-33+,43-41+. The van der Waals surface area contributed by atoms with E-state index in [1.807, 2.05) is 27.2 Å². The predicted molar refractivity (Wildman–Crippen MR) is 251 cm³/mol. The Morgan fingerprint density at radius 2 is 0.949 bits per heavy atom. The molecule has 3 atom stereocenters. The molecule has 0 aliphatic rings. The van der Waals surface area contributed by atoms with Gasteiger partial charge >= 0.3 is 0 Å². The van der Waals surface area contributed by atoms with Crippen LogP contribution >= 0.6 is 7.82 Å². The van der Waals surface area contributed by atoms with Crippen LogP contribution in [0, 0.1) is 0 Å². The largest absolute Gasteiger partial charge is 0.756 e. The zero-order valence-corrected chi connectivity index (χ0v) is 40.4. The van der Waals surface area contributed by atoms with E-state index in [-0.39, 0.29) is 12.5 Å². The number of aliphatic hydroxyl groups is 1. The van der Waals surface area contributed by atoms with Crippen molar-refractivity contribution in [3.05, 3.63) is 36.5 Å². The van der Waals surface area contributed by atoms with E-state index in [9.17, 15) is 19.4 Å². The molecule has 0 aliphatic heterocycles. The number of likely N-dealkylation sites (N-methyl/N-ethyl adjacent to an activating group) is 1. The lowest BCUT2D eigenvalue weighted by molar-refractivity contribution is -0.870. The number of amides is 1. The molecule has 0 aromatic heterocycles. The summed E-state index contributed by atoms with van der Waals surface area (Å²) in [6.07, 6.45) is 52.0. The number of phosphoric acid groups is 1. The number of unbranched alkanes of at least 4 members (excludes halogenated alkanes) is 28. The van der Waals surface area contributed by atoms with Crippen molar-refractivity contribution in [1.82, 2.24) is 5.32 Å². The minimum atomic E-state index is -4.60. The molecule has 3 unspecified atom stereocenters. The third kappa shape index (κ3) is 44.6. The summed E-state index contributed by atoms with van der Waals surface area (Å²) >= 11 is 0. The van der Waals surface area contributed by atoms with Crippen LogP contribution in [0.2, 0.25) is 0 Å². The lowest BCUT2D eigenvalue weighted by Crippen LogP contribution is -2.45. The van der Waals surface area contributed by atoms with Gasteiger partial charge in [0.05, 0.1) is 39.9 Å². The SMILES string of the molecule is CCCCCCCC/C=C/CC/C=C/CC/C=C/C(O)C(COP(=O)([O-])OCC[N+](C)(C)C)NC(=O)CCCCCCCCCCCCCCCCCCCCCCC. The fourth-order valence-electron chi connectivity index (χ4n) is 7.13. The van der Waals surface area contributed by atoms with Gasteiger partial charge in [-0.3, -0.25) is 9.36 Å². The summed E-state index contributed by atoms with van der Waals surface area (Å²) in [4.78, 5) is 25.4. The second-order valence-corrected chi connectivity index (χ2v) is 19.6. The topological polar surface area (TPSA) is 108 Å². The number of carbonyl (C=O) groups excluding carboxylic acids is 1. The molecule has 0 rings (SSSR count). The number of allylic oxidation sites excluding steroid dienone is 5. The Labute approximate surface area is 366 Å². The number of quaternary nitrogens is 1. The van der Waals surface area contributed by atoms with E-state index in [4.69, 9.17) is 9.05 Å². The average molecular weight is 853 g/mol. The quantitative estimate of drug-likeness (QED) is 0.0273. The van der Waals surface area contributed by atoms with Crippen LogP contribution in [0.1, 0.15) is 226 Å². The molecule has 0 bridgehead atoms. The van der Waals surface area contributed by atoms with Gasteiger partial charge in [0.15, 0.2) is 0 Å². The first-order valence-electron chi connectivity index (χ1n) is 24.9. The first kappa shape index (κ1) is 57.7. The van der Waals surface area contributed by atoms with Crippen molar-refractivity contribution in [3.63, 3.8) is 0 Å². The normalized spacial score (nSPS) is 14.5. The average Bonchev–Trinajstić information content (AvgIpc) is 3.19. The predicted octanol–water partition coefficient (Wildman–Crippen LogP) is 13.6. The van der Waals surface area contributed by atoms with Crippen LogP contribution in [0.4, 0.5) is 0 Å². The molecular weight excluding hydrogens is 756 g/mol. The molecule has 0 aromatic carbocycles. The summed E-state index contributed by atoms with van der Waals surface area (Å²) in [5.41, 5.74) is 0. The van der Waals surface area contributed by atoms with E-state index in [2.05, 4.69) is 43.5 Å². The van der Waals surface area contributed by atoms with Gasteiger partial charge in [-0.05, 0) is 44.9 Å². The maximum atomic E-state index is 12.9. The van der Waals surface area contributed by atoms with Gasteiger partial charge in [0, 0.05) is 6.42 Å². The van der Waals surface area contributed by atoms with Crippen LogP contribution in [0.25, 0.3) is 0 Å². The maximum Gasteiger partial charge on any atom is 0.268 e. The van der Waals surface area contributed by atoms with E-state index in [0.29, 0.717) is 17.4 Å². The van der Waals surface area contributed by atoms with Crippen molar-refractivity contribution in [2.24, 2.45) is 0 Å². The number of hydrogen-bond donors (Lipinski definition) is 2. The van der Waals surface area contributed by atoms with Crippen LogP contribution in [-0.2, 0) is 18.4 Å². The minimum absolute atomic E-state index is 0.00770. The second-order valence-electron chi connectivity index (χ2n) is 18.2. The number of phosphoric ester groups is 1. The number of nitrogens with zero attached hydrogens (tertiary/aromatic N) is 1. The summed E-state index contributed by atoms with van der Waals surface area (Å²) in [6.45, 7) is 4.62. The van der Waals surface area contributed by atoms with Crippen molar-refractivity contribution in [2.45, 2.75) is 238 Å². The molecule has 2 N–H and O–H groups in total. The molecule has 0 saturated carbocycles. The fourth-order valence-corrected chi connectivity index (χ4v) is 7.85. The molecule has 348 valence electrons. The van der Waals surface area contributed by atoms with Crippen molar-refractivity contribution >= 4 is 13.7 Å². The maximum absolute atomic E-state index is 12.9. The molecular formula is C50H97N2O6P. The lowest BCUT2D eigenvalue weighted by atomic mass is 10.0. The molecule has 59 heavy (non-hydrogen) atoms. The number of carbonyl (C=O) groups is 1. The molecule has 0 saturated heterocycles. The van der Waals surface area contributed by atoms with E-state index in [0.717, 1.165) is 44.9 Å². The van der Waals surface area contributed by atoms with E-state index in [1.165, 1.54) is 161 Å². The molecule has 8 nitrogen and oxygen atoms in total. The highest BCUT2D eigenvalue weighted by Crippen LogP contribution is 2.38. The first-order chi connectivity index (χ1) is 28.5. The van der Waals surface area contributed by atoms with Gasteiger partial charge in [-0.1, -0.05) is 211 Å². The van der Waals surface area contributed by atoms with Crippen molar-refractivity contribution < 1.29 is 32.9 Å². The summed E-state index contributed by atoms with van der Waals surface area (Å²) < 4.78 is 23.2. The van der Waals surface area contributed by atoms with Gasteiger partial charge < -0.3 is 28.8 Å². The molecule has 1 amide bonds. The third-order valence-electron chi connectivity index (χ3n) is 11.1. The Balaban J connectivity index is 4.35. The first-order valence-corrected chi connectivity index (χ1v) is 26.3. The van der Waals surface area contributed by atoms with Gasteiger partial charge in [0.1, 0.15) is 13.2 Å². The van der Waals surface area contributed by atoms with Crippen LogP contribution in [0.15, 0.2) is 36.5 Å². The third-order valence-corrected chi connectivity index (χ3v) is 12.0. The molecule has 0 radical (unpaired) electrons. The summed E-state index contributed by atoms with van der Waals surface area (Å²) in [7, 11) is 1.24. The van der Waals surface area contributed by atoms with Crippen LogP contribution in [0.5, 0.6) is 0 Å². The van der Waals surface area contributed by atoms with Crippen LogP contribution in [0.3, 0.4) is 0 Å². The summed E-state index contributed by atoms with van der Waals surface area (Å²) in [5, 5.41) is 13.8. The zero-order chi connectivity index (χ0) is 43.6. The molecule has 9 heteroatoms. The van der Waals surface area contributed by atoms with Crippen molar-refractivity contribution in [1.29, 1.82) is 0 Å². The Bertz CT molecular complexity index is 1060. The number of rotatable bonds is 45. The van der Waals surface area contributed by atoms with Gasteiger partial charge in [0.2, 0.25) is 5.91 Å². The monoisotopic (exact) mass is 853 g/mol. The second kappa shape index (κ2) is 42.0. The van der Waals surface area contributed by atoms with E-state index >= 15 is 0 Å².